The second kappa shape index (κ2) is 7.46. The minimum Gasteiger partial charge on any atom is -0.388 e. The molecule has 0 bridgehead atoms. The number of hydrogen-bond acceptors (Lipinski definition) is 4. The molecule has 2 saturated heterocycles. The predicted molar refractivity (Wildman–Crippen MR) is 107 cm³/mol. The molecule has 0 aromatic heterocycles. The van der Waals surface area contributed by atoms with Crippen LogP contribution in [0.25, 0.3) is 0 Å². The molecule has 2 aliphatic rings. The highest BCUT2D eigenvalue weighted by Crippen LogP contribution is 2.37. The third-order valence-corrected chi connectivity index (χ3v) is 6.15. The molecule has 4 nitrogen and oxygen atoms in total. The summed E-state index contributed by atoms with van der Waals surface area (Å²) in [5, 5.41) is 11.3. The molecule has 1 N–H and O–H groups in total. The highest BCUT2D eigenvalue weighted by atomic mass is 16.3. The standard InChI is InChI=1S/C21H43N3O/c1-19(2,3)23-10-9-21(25,16-23)12-17-11-18(13-22(7)8)15-24(14-17)20(4,5)6/h17-18,25H,9-16H2,1-8H3/t17?,18-,21?/m1/s1. The minimum absolute atomic E-state index is 0.155. The van der Waals surface area contributed by atoms with Gasteiger partial charge in [-0.25, -0.2) is 0 Å². The first-order valence-electron chi connectivity index (χ1n) is 10.2. The minimum atomic E-state index is -0.499. The van der Waals surface area contributed by atoms with Crippen LogP contribution in [-0.4, -0.2) is 83.3 Å². The number of rotatable bonds is 4. The summed E-state index contributed by atoms with van der Waals surface area (Å²) in [5.41, 5.74) is -0.136. The fourth-order valence-electron chi connectivity index (χ4n) is 4.80. The summed E-state index contributed by atoms with van der Waals surface area (Å²) in [6, 6.07) is 0. The Balaban J connectivity index is 2.04. The van der Waals surface area contributed by atoms with Gasteiger partial charge < -0.3 is 10.0 Å². The quantitative estimate of drug-likeness (QED) is 0.842. The first-order valence-corrected chi connectivity index (χ1v) is 10.2. The number of aliphatic hydroxyl groups is 1. The van der Waals surface area contributed by atoms with Crippen LogP contribution in [0.2, 0.25) is 0 Å². The van der Waals surface area contributed by atoms with Crippen molar-refractivity contribution < 1.29 is 5.11 Å². The van der Waals surface area contributed by atoms with E-state index in [9.17, 15) is 5.11 Å². The molecule has 148 valence electrons. The van der Waals surface area contributed by atoms with Gasteiger partial charge in [-0.3, -0.25) is 9.80 Å². The summed E-state index contributed by atoms with van der Waals surface area (Å²) in [5.74, 6) is 1.31. The van der Waals surface area contributed by atoms with E-state index in [1.807, 2.05) is 0 Å². The van der Waals surface area contributed by atoms with Crippen LogP contribution in [-0.2, 0) is 0 Å². The number of hydrogen-bond donors (Lipinski definition) is 1. The molecule has 0 aliphatic carbocycles. The molecule has 25 heavy (non-hydrogen) atoms. The van der Waals surface area contributed by atoms with E-state index in [0.717, 1.165) is 39.0 Å². The maximum Gasteiger partial charge on any atom is 0.0789 e. The molecular weight excluding hydrogens is 310 g/mol. The molecule has 0 spiro atoms. The van der Waals surface area contributed by atoms with E-state index < -0.39 is 5.60 Å². The second-order valence-electron chi connectivity index (χ2n) is 11.1. The van der Waals surface area contributed by atoms with E-state index in [4.69, 9.17) is 0 Å². The molecular formula is C21H43N3O. The second-order valence-corrected chi connectivity index (χ2v) is 11.1. The van der Waals surface area contributed by atoms with Crippen LogP contribution in [0.3, 0.4) is 0 Å². The Hall–Kier alpha value is -0.160. The van der Waals surface area contributed by atoms with Gasteiger partial charge in [0.2, 0.25) is 0 Å². The van der Waals surface area contributed by atoms with Crippen molar-refractivity contribution in [2.75, 3.05) is 46.8 Å². The molecule has 4 heteroatoms. The Kier molecular flexibility index (Phi) is 6.31. The third kappa shape index (κ3) is 5.92. The molecule has 2 aliphatic heterocycles. The zero-order valence-corrected chi connectivity index (χ0v) is 18.1. The topological polar surface area (TPSA) is 30.0 Å². The number of β-amino-alcohol motifs (C(OH)–C–C–N with tert-alkyl or cyclic N) is 1. The van der Waals surface area contributed by atoms with Crippen molar-refractivity contribution in [1.29, 1.82) is 0 Å². The number of nitrogens with zero attached hydrogens (tertiary/aromatic N) is 3. The zero-order valence-electron chi connectivity index (χ0n) is 18.1. The Morgan fingerprint density at radius 1 is 0.960 bits per heavy atom. The zero-order chi connectivity index (χ0) is 19.0. The largest absolute Gasteiger partial charge is 0.388 e. The smallest absolute Gasteiger partial charge is 0.0789 e. The van der Waals surface area contributed by atoms with Crippen molar-refractivity contribution in [1.82, 2.24) is 14.7 Å². The van der Waals surface area contributed by atoms with E-state index in [1.54, 1.807) is 0 Å². The lowest BCUT2D eigenvalue weighted by atomic mass is 9.79. The average Bonchev–Trinajstić information content (AvgIpc) is 2.78. The van der Waals surface area contributed by atoms with Crippen LogP contribution in [0.15, 0.2) is 0 Å². The van der Waals surface area contributed by atoms with Crippen molar-refractivity contribution in [2.45, 2.75) is 77.5 Å². The molecule has 2 rings (SSSR count). The van der Waals surface area contributed by atoms with Crippen molar-refractivity contribution >= 4 is 0 Å². The van der Waals surface area contributed by atoms with Crippen LogP contribution in [0.4, 0.5) is 0 Å². The van der Waals surface area contributed by atoms with E-state index in [1.165, 1.54) is 13.0 Å². The number of likely N-dealkylation sites (tertiary alicyclic amines) is 2. The Labute approximate surface area is 156 Å². The van der Waals surface area contributed by atoms with Gasteiger partial charge in [0.05, 0.1) is 5.60 Å². The molecule has 0 amide bonds. The average molecular weight is 354 g/mol. The summed E-state index contributed by atoms with van der Waals surface area (Å²) in [7, 11) is 4.35. The first kappa shape index (κ1) is 21.1. The van der Waals surface area contributed by atoms with Gasteiger partial charge in [-0.1, -0.05) is 0 Å². The molecule has 2 fully saturated rings. The Bertz CT molecular complexity index is 437. The normalized spacial score (nSPS) is 33.4. The fraction of sp³-hybridized carbons (Fsp3) is 1.00. The van der Waals surface area contributed by atoms with Gasteiger partial charge in [0.1, 0.15) is 0 Å². The SMILES string of the molecule is CN(C)C[C@H]1CC(CC2(O)CCN(C(C)(C)C)C2)CN(C(C)(C)C)C1. The van der Waals surface area contributed by atoms with Crippen LogP contribution in [0.5, 0.6) is 0 Å². The monoisotopic (exact) mass is 353 g/mol. The maximum absolute atomic E-state index is 11.3. The number of piperidine rings is 1. The van der Waals surface area contributed by atoms with Crippen LogP contribution in [0.1, 0.15) is 60.8 Å². The summed E-state index contributed by atoms with van der Waals surface area (Å²) < 4.78 is 0. The molecule has 2 unspecified atom stereocenters. The van der Waals surface area contributed by atoms with Gasteiger partial charge in [-0.2, -0.15) is 0 Å². The van der Waals surface area contributed by atoms with E-state index in [2.05, 4.69) is 70.3 Å². The van der Waals surface area contributed by atoms with Crippen molar-refractivity contribution in [2.24, 2.45) is 11.8 Å². The Morgan fingerprint density at radius 3 is 2.00 bits per heavy atom. The predicted octanol–water partition coefficient (Wildman–Crippen LogP) is 2.91. The highest BCUT2D eigenvalue weighted by Gasteiger charge is 2.43. The van der Waals surface area contributed by atoms with E-state index >= 15 is 0 Å². The van der Waals surface area contributed by atoms with Gasteiger partial charge in [-0.05, 0) is 86.7 Å². The summed E-state index contributed by atoms with van der Waals surface area (Å²) in [4.78, 5) is 7.42. The first-order chi connectivity index (χ1) is 11.3. The summed E-state index contributed by atoms with van der Waals surface area (Å²) in [6.45, 7) is 19.1. The molecule has 3 atom stereocenters. The molecule has 0 saturated carbocycles. The van der Waals surface area contributed by atoms with Crippen LogP contribution < -0.4 is 0 Å². The summed E-state index contributed by atoms with van der Waals surface area (Å²) in [6.07, 6.45) is 3.13. The molecule has 0 radical (unpaired) electrons. The Morgan fingerprint density at radius 2 is 1.52 bits per heavy atom. The van der Waals surface area contributed by atoms with Gasteiger partial charge in [0.25, 0.3) is 0 Å². The van der Waals surface area contributed by atoms with E-state index in [0.29, 0.717) is 11.8 Å². The van der Waals surface area contributed by atoms with Gasteiger partial charge in [0.15, 0.2) is 0 Å². The maximum atomic E-state index is 11.3. The van der Waals surface area contributed by atoms with Gasteiger partial charge >= 0.3 is 0 Å². The third-order valence-electron chi connectivity index (χ3n) is 6.15. The molecule has 2 heterocycles. The van der Waals surface area contributed by atoms with Gasteiger partial charge in [-0.15, -0.1) is 0 Å². The molecule has 0 aromatic carbocycles. The van der Waals surface area contributed by atoms with Crippen molar-refractivity contribution in [3.8, 4) is 0 Å². The van der Waals surface area contributed by atoms with Crippen LogP contribution >= 0.6 is 0 Å². The lowest BCUT2D eigenvalue weighted by Gasteiger charge is -2.46. The summed E-state index contributed by atoms with van der Waals surface area (Å²) >= 11 is 0. The lowest BCUT2D eigenvalue weighted by Crippen LogP contribution is -2.53. The van der Waals surface area contributed by atoms with Crippen LogP contribution in [0, 0.1) is 11.8 Å². The lowest BCUT2D eigenvalue weighted by molar-refractivity contribution is -0.0218. The molecule has 0 aromatic rings. The van der Waals surface area contributed by atoms with Gasteiger partial charge in [0, 0.05) is 43.8 Å². The highest BCUT2D eigenvalue weighted by molar-refractivity contribution is 4.98. The van der Waals surface area contributed by atoms with Crippen molar-refractivity contribution in [3.63, 3.8) is 0 Å². The van der Waals surface area contributed by atoms with E-state index in [-0.39, 0.29) is 11.1 Å². The van der Waals surface area contributed by atoms with Crippen molar-refractivity contribution in [3.05, 3.63) is 0 Å². The fourth-order valence-corrected chi connectivity index (χ4v) is 4.80.